The highest BCUT2D eigenvalue weighted by atomic mass is 19.1. The lowest BCUT2D eigenvalue weighted by Crippen LogP contribution is -2.51. The van der Waals surface area contributed by atoms with Crippen LogP contribution in [0.4, 0.5) is 14.7 Å². The van der Waals surface area contributed by atoms with Crippen molar-refractivity contribution >= 4 is 5.95 Å². The van der Waals surface area contributed by atoms with Gasteiger partial charge >= 0.3 is 0 Å². The summed E-state index contributed by atoms with van der Waals surface area (Å²) >= 11 is 0. The Morgan fingerprint density at radius 1 is 0.821 bits per heavy atom. The maximum Gasteiger partial charge on any atom is 0.231 e. The van der Waals surface area contributed by atoms with Gasteiger partial charge in [-0.3, -0.25) is 14.7 Å². The van der Waals surface area contributed by atoms with Gasteiger partial charge in [0.05, 0.1) is 31.2 Å². The number of piperazine rings is 2. The van der Waals surface area contributed by atoms with E-state index in [1.807, 2.05) is 29.2 Å². The van der Waals surface area contributed by atoms with E-state index < -0.39 is 17.5 Å². The number of rotatable bonds is 11. The molecule has 1 atom stereocenters. The Hall–Kier alpha value is -4.40. The summed E-state index contributed by atoms with van der Waals surface area (Å²) in [5, 5.41) is 21.5. The monoisotopic (exact) mass is 772 g/mol. The Bertz CT molecular complexity index is 1830. The zero-order valence-corrected chi connectivity index (χ0v) is 32.2. The van der Waals surface area contributed by atoms with Crippen molar-refractivity contribution in [2.24, 2.45) is 0 Å². The van der Waals surface area contributed by atoms with Crippen LogP contribution in [0.3, 0.4) is 0 Å². The Labute approximate surface area is 328 Å². The number of hydrogen-bond acceptors (Lipinski definition) is 11. The lowest BCUT2D eigenvalue weighted by atomic mass is 9.77. The number of benzene rings is 3. The SMILES string of the molecule is COc1cccc(CN2CCN(C3CCC(O)(c4ccc5c(c4)OCO5)CC3)CC2)c1.OC(CCCN1CCN(c2ncc(F)cn2)CC1)c1ccc(F)cc1. The molecule has 0 bridgehead atoms. The molecule has 2 saturated heterocycles. The number of methoxy groups -OCH3 is 1. The van der Waals surface area contributed by atoms with Crippen molar-refractivity contribution in [3.8, 4) is 17.2 Å². The number of aliphatic hydroxyl groups excluding tert-OH is 1. The largest absolute Gasteiger partial charge is 0.497 e. The van der Waals surface area contributed by atoms with Gasteiger partial charge in [0.2, 0.25) is 12.7 Å². The molecule has 1 aromatic heterocycles. The summed E-state index contributed by atoms with van der Waals surface area (Å²) in [6, 6.07) is 20.8. The number of nitrogens with zero attached hydrogens (tertiary/aromatic N) is 6. The number of hydrogen-bond donors (Lipinski definition) is 2. The number of halogens is 2. The molecule has 11 nitrogen and oxygen atoms in total. The first-order valence-electron chi connectivity index (χ1n) is 19.8. The third kappa shape index (κ3) is 10.3. The summed E-state index contributed by atoms with van der Waals surface area (Å²) in [4.78, 5) is 17.6. The van der Waals surface area contributed by atoms with E-state index in [0.717, 1.165) is 126 Å². The minimum absolute atomic E-state index is 0.267. The van der Waals surface area contributed by atoms with Crippen LogP contribution in [-0.4, -0.2) is 114 Å². The first-order valence-corrected chi connectivity index (χ1v) is 19.8. The minimum atomic E-state index is -0.758. The maximum atomic E-state index is 12.9. The second-order valence-electron chi connectivity index (χ2n) is 15.2. The van der Waals surface area contributed by atoms with Crippen LogP contribution in [0.25, 0.3) is 0 Å². The Morgan fingerprint density at radius 3 is 2.23 bits per heavy atom. The lowest BCUT2D eigenvalue weighted by molar-refractivity contribution is -0.0321. The first-order chi connectivity index (χ1) is 27.2. The summed E-state index contributed by atoms with van der Waals surface area (Å²) in [7, 11) is 1.72. The van der Waals surface area contributed by atoms with Crippen LogP contribution in [0.1, 0.15) is 61.3 Å². The van der Waals surface area contributed by atoms with E-state index in [-0.39, 0.29) is 12.6 Å². The minimum Gasteiger partial charge on any atom is -0.497 e. The van der Waals surface area contributed by atoms with Gasteiger partial charge in [-0.1, -0.05) is 30.3 Å². The summed E-state index contributed by atoms with van der Waals surface area (Å²) in [5.74, 6) is 2.29. The molecule has 3 fully saturated rings. The van der Waals surface area contributed by atoms with Gasteiger partial charge in [-0.2, -0.15) is 0 Å². The van der Waals surface area contributed by atoms with Gasteiger partial charge in [0.25, 0.3) is 0 Å². The van der Waals surface area contributed by atoms with Gasteiger partial charge in [0, 0.05) is 64.9 Å². The zero-order chi connectivity index (χ0) is 38.9. The van der Waals surface area contributed by atoms with Gasteiger partial charge < -0.3 is 29.3 Å². The fraction of sp³-hybridized carbons (Fsp3) is 0.488. The standard InChI is InChI=1S/C25H32N2O4.C18H22F2N4O/c1-29-22-4-2-3-19(15-22)17-26-11-13-27(14-12-26)21-7-9-25(28,10-8-21)20-5-6-23-24(16-20)31-18-30-23;19-15-5-3-14(4-6-15)17(25)2-1-7-23-8-10-24(11-9-23)18-21-12-16(20)13-22-18/h2-6,15-16,21,28H,7-14,17-18H2,1H3;3-6,12-13,17,25H,1-2,7-11H2. The van der Waals surface area contributed by atoms with Gasteiger partial charge in [-0.15, -0.1) is 0 Å². The smallest absolute Gasteiger partial charge is 0.231 e. The highest BCUT2D eigenvalue weighted by Crippen LogP contribution is 2.42. The fourth-order valence-corrected chi connectivity index (χ4v) is 8.24. The fourth-order valence-electron chi connectivity index (χ4n) is 8.24. The molecule has 1 aliphatic carbocycles. The molecule has 56 heavy (non-hydrogen) atoms. The van der Waals surface area contributed by atoms with Gasteiger partial charge in [-0.05, 0) is 98.2 Å². The Morgan fingerprint density at radius 2 is 1.52 bits per heavy atom. The van der Waals surface area contributed by atoms with Gasteiger partial charge in [0.15, 0.2) is 17.3 Å². The van der Waals surface area contributed by atoms with Crippen LogP contribution in [-0.2, 0) is 12.1 Å². The maximum absolute atomic E-state index is 12.9. The van der Waals surface area contributed by atoms with Crippen LogP contribution in [0.15, 0.2) is 79.1 Å². The topological polar surface area (TPSA) is 107 Å². The molecule has 8 rings (SSSR count). The molecule has 0 amide bonds. The molecule has 4 heterocycles. The van der Waals surface area contributed by atoms with Gasteiger partial charge in [-0.25, -0.2) is 18.7 Å². The van der Waals surface area contributed by atoms with E-state index in [2.05, 4.69) is 42.9 Å². The molecule has 13 heteroatoms. The van der Waals surface area contributed by atoms with Crippen LogP contribution in [0, 0.1) is 11.6 Å². The van der Waals surface area contributed by atoms with E-state index in [1.54, 1.807) is 19.2 Å². The number of anilines is 1. The van der Waals surface area contributed by atoms with Crippen LogP contribution in [0.5, 0.6) is 17.2 Å². The molecule has 1 saturated carbocycles. The molecule has 3 aliphatic heterocycles. The highest BCUT2D eigenvalue weighted by Gasteiger charge is 2.38. The molecular formula is C43H54F2N6O5. The van der Waals surface area contributed by atoms with Crippen LogP contribution >= 0.6 is 0 Å². The molecule has 0 spiro atoms. The summed E-state index contributed by atoms with van der Waals surface area (Å²) in [6.07, 6.45) is 6.97. The molecule has 1 unspecified atom stereocenters. The van der Waals surface area contributed by atoms with Crippen molar-refractivity contribution in [1.82, 2.24) is 24.7 Å². The van der Waals surface area contributed by atoms with Crippen LogP contribution in [0.2, 0.25) is 0 Å². The number of aromatic nitrogens is 2. The quantitative estimate of drug-likeness (QED) is 0.194. The molecule has 2 N–H and O–H groups in total. The molecule has 4 aromatic rings. The van der Waals surface area contributed by atoms with E-state index in [1.165, 1.54) is 30.1 Å². The van der Waals surface area contributed by atoms with E-state index >= 15 is 0 Å². The van der Waals surface area contributed by atoms with Crippen LogP contribution < -0.4 is 19.1 Å². The highest BCUT2D eigenvalue weighted by molar-refractivity contribution is 5.46. The normalized spacial score (nSPS) is 22.3. The predicted octanol–water partition coefficient (Wildman–Crippen LogP) is 5.76. The van der Waals surface area contributed by atoms with Crippen molar-refractivity contribution < 1.29 is 33.2 Å². The van der Waals surface area contributed by atoms with Gasteiger partial charge in [0.1, 0.15) is 11.6 Å². The molecule has 3 aromatic carbocycles. The molecule has 4 aliphatic rings. The van der Waals surface area contributed by atoms with E-state index in [4.69, 9.17) is 14.2 Å². The average Bonchev–Trinajstić information content (AvgIpc) is 3.71. The predicted molar refractivity (Wildman–Crippen MR) is 210 cm³/mol. The third-order valence-electron chi connectivity index (χ3n) is 11.6. The Kier molecular flexibility index (Phi) is 13.3. The summed E-state index contributed by atoms with van der Waals surface area (Å²) in [5.41, 5.74) is 2.25. The number of aliphatic hydroxyl groups is 2. The molecule has 0 radical (unpaired) electrons. The van der Waals surface area contributed by atoms with E-state index in [0.29, 0.717) is 18.4 Å². The first kappa shape index (κ1) is 39.8. The number of ether oxygens (including phenoxy) is 3. The van der Waals surface area contributed by atoms with Crippen molar-refractivity contribution in [1.29, 1.82) is 0 Å². The zero-order valence-electron chi connectivity index (χ0n) is 32.2. The number of fused-ring (bicyclic) bond motifs is 1. The second-order valence-corrected chi connectivity index (χ2v) is 15.2. The third-order valence-corrected chi connectivity index (χ3v) is 11.6. The summed E-state index contributed by atoms with van der Waals surface area (Å²) in [6.45, 7) is 9.85. The van der Waals surface area contributed by atoms with E-state index in [9.17, 15) is 19.0 Å². The average molecular weight is 773 g/mol. The van der Waals surface area contributed by atoms with Crippen molar-refractivity contribution in [2.75, 3.05) is 77.7 Å². The lowest BCUT2D eigenvalue weighted by Gasteiger charge is -2.44. The van der Waals surface area contributed by atoms with Crippen molar-refractivity contribution in [2.45, 2.75) is 62.8 Å². The molecule has 300 valence electrons. The summed E-state index contributed by atoms with van der Waals surface area (Å²) < 4.78 is 42.0. The van der Waals surface area contributed by atoms with Crippen molar-refractivity contribution in [3.63, 3.8) is 0 Å². The Balaban J connectivity index is 0.000000176. The van der Waals surface area contributed by atoms with Crippen molar-refractivity contribution in [3.05, 3.63) is 107 Å². The second kappa shape index (κ2) is 18.7. The molecular weight excluding hydrogens is 719 g/mol.